The normalized spacial score (nSPS) is 14.0. The first-order valence-corrected chi connectivity index (χ1v) is 11.5. The van der Waals surface area contributed by atoms with Crippen LogP contribution in [0.4, 0.5) is 22.9 Å². The molecule has 0 spiro atoms. The van der Waals surface area contributed by atoms with Gasteiger partial charge in [-0.1, -0.05) is 17.7 Å². The minimum atomic E-state index is -3.74. The molecule has 4 rings (SSSR count). The molecule has 0 radical (unpaired) electrons. The molecule has 2 heterocycles. The SMILES string of the molecule is Cc1c(Cl)cccc1S(=O)(=O)Nc1ccc(Nc2cc(N3CCCC3)cnn2)cc1. The van der Waals surface area contributed by atoms with E-state index in [0.717, 1.165) is 24.5 Å². The molecule has 2 N–H and O–H groups in total. The second kappa shape index (κ2) is 8.49. The first kappa shape index (κ1) is 20.4. The topological polar surface area (TPSA) is 87.2 Å². The van der Waals surface area contributed by atoms with Gasteiger partial charge in [0.2, 0.25) is 0 Å². The molecule has 0 atom stereocenters. The molecule has 3 aromatic rings. The van der Waals surface area contributed by atoms with Crippen LogP contribution in [-0.4, -0.2) is 31.7 Å². The number of anilines is 4. The maximum absolute atomic E-state index is 12.7. The summed E-state index contributed by atoms with van der Waals surface area (Å²) in [5.41, 5.74) is 2.80. The van der Waals surface area contributed by atoms with Crippen molar-refractivity contribution in [1.82, 2.24) is 10.2 Å². The minimum Gasteiger partial charge on any atom is -0.370 e. The average molecular weight is 444 g/mol. The van der Waals surface area contributed by atoms with Gasteiger partial charge in [-0.15, -0.1) is 5.10 Å². The average Bonchev–Trinajstić information content (AvgIpc) is 3.26. The Kier molecular flexibility index (Phi) is 5.78. The lowest BCUT2D eigenvalue weighted by atomic mass is 10.2. The highest BCUT2D eigenvalue weighted by molar-refractivity contribution is 7.92. The van der Waals surface area contributed by atoms with Crippen molar-refractivity contribution >= 4 is 44.5 Å². The lowest BCUT2D eigenvalue weighted by molar-refractivity contribution is 0.600. The van der Waals surface area contributed by atoms with Gasteiger partial charge in [-0.05, 0) is 61.7 Å². The molecule has 0 unspecified atom stereocenters. The van der Waals surface area contributed by atoms with Crippen LogP contribution in [0.15, 0.2) is 59.6 Å². The fourth-order valence-corrected chi connectivity index (χ4v) is 4.98. The van der Waals surface area contributed by atoms with Crippen molar-refractivity contribution in [3.05, 3.63) is 65.3 Å². The molecule has 1 aliphatic rings. The molecule has 0 bridgehead atoms. The highest BCUT2D eigenvalue weighted by atomic mass is 35.5. The van der Waals surface area contributed by atoms with E-state index in [1.807, 2.05) is 6.07 Å². The van der Waals surface area contributed by atoms with Crippen LogP contribution in [0.3, 0.4) is 0 Å². The van der Waals surface area contributed by atoms with Crippen LogP contribution in [0.25, 0.3) is 0 Å². The van der Waals surface area contributed by atoms with Gasteiger partial charge in [0, 0.05) is 35.6 Å². The van der Waals surface area contributed by atoms with Crippen molar-refractivity contribution in [2.45, 2.75) is 24.7 Å². The van der Waals surface area contributed by atoms with E-state index in [1.165, 1.54) is 18.9 Å². The summed E-state index contributed by atoms with van der Waals surface area (Å²) in [6.45, 7) is 3.75. The molecule has 156 valence electrons. The van der Waals surface area contributed by atoms with Gasteiger partial charge in [0.05, 0.1) is 16.8 Å². The largest absolute Gasteiger partial charge is 0.370 e. The van der Waals surface area contributed by atoms with Gasteiger partial charge < -0.3 is 10.2 Å². The molecule has 30 heavy (non-hydrogen) atoms. The van der Waals surface area contributed by atoms with E-state index < -0.39 is 10.0 Å². The van der Waals surface area contributed by atoms with Crippen molar-refractivity contribution in [1.29, 1.82) is 0 Å². The number of rotatable bonds is 6. The van der Waals surface area contributed by atoms with Crippen LogP contribution in [0.2, 0.25) is 5.02 Å². The van der Waals surface area contributed by atoms with Gasteiger partial charge in [0.1, 0.15) is 0 Å². The van der Waals surface area contributed by atoms with Crippen LogP contribution in [-0.2, 0) is 10.0 Å². The van der Waals surface area contributed by atoms with Crippen LogP contribution in [0, 0.1) is 6.92 Å². The van der Waals surface area contributed by atoms with Crippen LogP contribution in [0.5, 0.6) is 0 Å². The van der Waals surface area contributed by atoms with E-state index in [0.29, 0.717) is 22.1 Å². The van der Waals surface area contributed by atoms with Gasteiger partial charge in [-0.25, -0.2) is 8.42 Å². The second-order valence-electron chi connectivity index (χ2n) is 7.16. The quantitative estimate of drug-likeness (QED) is 0.579. The summed E-state index contributed by atoms with van der Waals surface area (Å²) >= 11 is 6.06. The lowest BCUT2D eigenvalue weighted by Crippen LogP contribution is -2.18. The van der Waals surface area contributed by atoms with E-state index >= 15 is 0 Å². The fourth-order valence-electron chi connectivity index (χ4n) is 3.42. The summed E-state index contributed by atoms with van der Waals surface area (Å²) in [6.07, 6.45) is 4.15. The summed E-state index contributed by atoms with van der Waals surface area (Å²) in [4.78, 5) is 2.45. The zero-order valence-electron chi connectivity index (χ0n) is 16.5. The van der Waals surface area contributed by atoms with Crippen molar-refractivity contribution in [3.8, 4) is 0 Å². The summed E-state index contributed by atoms with van der Waals surface area (Å²) in [7, 11) is -3.74. The summed E-state index contributed by atoms with van der Waals surface area (Å²) in [5, 5.41) is 11.8. The first-order valence-electron chi connectivity index (χ1n) is 9.65. The molecule has 9 heteroatoms. The Morgan fingerprint density at radius 3 is 2.47 bits per heavy atom. The molecule has 1 aliphatic heterocycles. The molecule has 1 fully saturated rings. The number of nitrogens with zero attached hydrogens (tertiary/aromatic N) is 3. The molecule has 0 saturated carbocycles. The zero-order chi connectivity index (χ0) is 21.1. The molecule has 0 aliphatic carbocycles. The lowest BCUT2D eigenvalue weighted by Gasteiger charge is -2.17. The van der Waals surface area contributed by atoms with Gasteiger partial charge in [0.25, 0.3) is 10.0 Å². The third-order valence-corrected chi connectivity index (χ3v) is 6.96. The maximum atomic E-state index is 12.7. The van der Waals surface area contributed by atoms with Gasteiger partial charge in [-0.2, -0.15) is 5.10 Å². The van der Waals surface area contributed by atoms with Crippen molar-refractivity contribution in [2.75, 3.05) is 28.0 Å². The Labute approximate surface area is 181 Å². The maximum Gasteiger partial charge on any atom is 0.262 e. The highest BCUT2D eigenvalue weighted by Crippen LogP contribution is 2.26. The van der Waals surface area contributed by atoms with E-state index in [-0.39, 0.29) is 4.90 Å². The number of halogens is 1. The standard InChI is InChI=1S/C21H22ClN5O2S/c1-15-19(22)5-4-6-20(15)30(28,29)26-17-9-7-16(8-10-17)24-21-13-18(14-23-25-21)27-11-2-3-12-27/h4-10,13-14,26H,2-3,11-12H2,1H3,(H,24,25). The van der Waals surface area contributed by atoms with Crippen LogP contribution >= 0.6 is 11.6 Å². The summed E-state index contributed by atoms with van der Waals surface area (Å²) < 4.78 is 28.0. The van der Waals surface area contributed by atoms with Crippen molar-refractivity contribution < 1.29 is 8.42 Å². The third-order valence-electron chi connectivity index (χ3n) is 5.03. The Balaban J connectivity index is 1.47. The van der Waals surface area contributed by atoms with Crippen LogP contribution < -0.4 is 14.9 Å². The van der Waals surface area contributed by atoms with Gasteiger partial charge >= 0.3 is 0 Å². The number of nitrogens with one attached hydrogen (secondary N) is 2. The Bertz CT molecular complexity index is 1150. The Morgan fingerprint density at radius 1 is 1.03 bits per heavy atom. The summed E-state index contributed by atoms with van der Waals surface area (Å²) in [5.74, 6) is 0.641. The smallest absolute Gasteiger partial charge is 0.262 e. The van der Waals surface area contributed by atoms with E-state index in [1.54, 1.807) is 49.5 Å². The Hall–Kier alpha value is -2.84. The molecule has 1 saturated heterocycles. The first-order chi connectivity index (χ1) is 14.4. The number of hydrogen-bond donors (Lipinski definition) is 2. The fraction of sp³-hybridized carbons (Fsp3) is 0.238. The minimum absolute atomic E-state index is 0.159. The van der Waals surface area contributed by atoms with Gasteiger partial charge in [-0.3, -0.25) is 4.72 Å². The predicted molar refractivity (Wildman–Crippen MR) is 120 cm³/mol. The zero-order valence-corrected chi connectivity index (χ0v) is 18.0. The monoisotopic (exact) mass is 443 g/mol. The molecule has 7 nitrogen and oxygen atoms in total. The molecular weight excluding hydrogens is 422 g/mol. The number of aromatic nitrogens is 2. The molecule has 2 aromatic carbocycles. The number of sulfonamides is 1. The number of hydrogen-bond acceptors (Lipinski definition) is 6. The highest BCUT2D eigenvalue weighted by Gasteiger charge is 2.18. The van der Waals surface area contributed by atoms with E-state index in [2.05, 4.69) is 25.1 Å². The number of benzene rings is 2. The predicted octanol–water partition coefficient (Wildman–Crippen LogP) is 4.58. The van der Waals surface area contributed by atoms with Crippen molar-refractivity contribution in [3.63, 3.8) is 0 Å². The molecule has 0 amide bonds. The van der Waals surface area contributed by atoms with Gasteiger partial charge in [0.15, 0.2) is 5.82 Å². The van der Waals surface area contributed by atoms with Crippen LogP contribution in [0.1, 0.15) is 18.4 Å². The third kappa shape index (κ3) is 4.49. The summed E-state index contributed by atoms with van der Waals surface area (Å²) in [6, 6.07) is 13.7. The second-order valence-corrected chi connectivity index (χ2v) is 9.22. The van der Waals surface area contributed by atoms with E-state index in [4.69, 9.17) is 11.6 Å². The molecular formula is C21H22ClN5O2S. The van der Waals surface area contributed by atoms with E-state index in [9.17, 15) is 8.42 Å². The van der Waals surface area contributed by atoms with Crippen molar-refractivity contribution in [2.24, 2.45) is 0 Å². The Morgan fingerprint density at radius 2 is 1.73 bits per heavy atom. The molecule has 1 aromatic heterocycles.